The molecule has 1 aromatic carbocycles. The van der Waals surface area contributed by atoms with Crippen molar-refractivity contribution in [3.8, 4) is 16.9 Å². The first-order chi connectivity index (χ1) is 15.5. The normalized spacial score (nSPS) is 31.8. The molecule has 2 unspecified atom stereocenters. The van der Waals surface area contributed by atoms with Gasteiger partial charge in [-0.25, -0.2) is 0 Å². The number of rotatable bonds is 2. The van der Waals surface area contributed by atoms with Crippen molar-refractivity contribution < 1.29 is 4.74 Å². The summed E-state index contributed by atoms with van der Waals surface area (Å²) < 4.78 is 6.62. The fraction of sp³-hybridized carbons (Fsp3) is 0.462. The molecule has 2 N–H and O–H groups in total. The highest BCUT2D eigenvalue weighted by Crippen LogP contribution is 2.56. The standard InChI is InChI=1S/C26H29ClN4O/c1-16-13-26(30-25(16)28)21-11-17(18-10-19(27)15-29-14-18)4-6-23(21)32-24-7-5-20(12-22(24)26)31-8-2-3-9-31/h4,6,10-11,14-15,20,22,24H,1-3,5,7-9,12-13H2,(H2,28,30)/t20-,22-,24?,26?/m0/s1. The number of pyridine rings is 1. The lowest BCUT2D eigenvalue weighted by Gasteiger charge is -2.50. The molecule has 166 valence electrons. The van der Waals surface area contributed by atoms with Crippen molar-refractivity contribution in [1.82, 2.24) is 9.88 Å². The predicted octanol–water partition coefficient (Wildman–Crippen LogP) is 4.94. The summed E-state index contributed by atoms with van der Waals surface area (Å²) in [5.41, 5.74) is 10.1. The second-order valence-corrected chi connectivity index (χ2v) is 10.2. The third kappa shape index (κ3) is 3.17. The summed E-state index contributed by atoms with van der Waals surface area (Å²) in [7, 11) is 0. The minimum atomic E-state index is -0.403. The zero-order chi connectivity index (χ0) is 21.9. The third-order valence-electron chi connectivity index (χ3n) is 7.96. The molecule has 0 bridgehead atoms. The summed E-state index contributed by atoms with van der Waals surface area (Å²) in [5.74, 6) is 1.81. The Morgan fingerprint density at radius 3 is 2.72 bits per heavy atom. The molecule has 4 aliphatic rings. The molecule has 5 nitrogen and oxygen atoms in total. The van der Waals surface area contributed by atoms with E-state index >= 15 is 0 Å². The summed E-state index contributed by atoms with van der Waals surface area (Å²) in [5, 5.41) is 0.628. The van der Waals surface area contributed by atoms with E-state index in [9.17, 15) is 0 Å². The van der Waals surface area contributed by atoms with Gasteiger partial charge in [-0.2, -0.15) is 0 Å². The molecular formula is C26H29ClN4O. The fourth-order valence-electron chi connectivity index (χ4n) is 6.40. The van der Waals surface area contributed by atoms with Crippen LogP contribution in [0.1, 0.15) is 44.1 Å². The Bertz CT molecular complexity index is 1110. The van der Waals surface area contributed by atoms with Gasteiger partial charge in [0.05, 0.1) is 5.02 Å². The number of halogens is 1. The van der Waals surface area contributed by atoms with Crippen LogP contribution in [0.3, 0.4) is 0 Å². The lowest BCUT2D eigenvalue weighted by molar-refractivity contribution is -0.0101. The average Bonchev–Trinajstić information content (AvgIpc) is 3.43. The Hall–Kier alpha value is -2.37. The fourth-order valence-corrected chi connectivity index (χ4v) is 6.58. The lowest BCUT2D eigenvalue weighted by atomic mass is 9.65. The van der Waals surface area contributed by atoms with E-state index in [2.05, 4.69) is 34.7 Å². The number of benzene rings is 1. The van der Waals surface area contributed by atoms with E-state index in [0.717, 1.165) is 47.3 Å². The van der Waals surface area contributed by atoms with Gasteiger partial charge in [0.1, 0.15) is 23.2 Å². The molecule has 0 amide bonds. The summed E-state index contributed by atoms with van der Waals surface area (Å²) in [6, 6.07) is 8.94. The molecule has 1 aliphatic carbocycles. The molecule has 3 aliphatic heterocycles. The maximum Gasteiger partial charge on any atom is 0.125 e. The molecule has 1 spiro atoms. The van der Waals surface area contributed by atoms with Crippen molar-refractivity contribution in [3.05, 3.63) is 59.4 Å². The molecule has 2 fully saturated rings. The smallest absolute Gasteiger partial charge is 0.125 e. The van der Waals surface area contributed by atoms with Crippen molar-refractivity contribution in [2.24, 2.45) is 16.6 Å². The van der Waals surface area contributed by atoms with E-state index in [0.29, 0.717) is 22.8 Å². The van der Waals surface area contributed by atoms with Crippen molar-refractivity contribution in [2.75, 3.05) is 13.1 Å². The molecule has 32 heavy (non-hydrogen) atoms. The maximum absolute atomic E-state index is 6.62. The largest absolute Gasteiger partial charge is 0.490 e. The Labute approximate surface area is 194 Å². The number of hydrogen-bond donors (Lipinski definition) is 1. The summed E-state index contributed by atoms with van der Waals surface area (Å²) in [4.78, 5) is 12.1. The predicted molar refractivity (Wildman–Crippen MR) is 128 cm³/mol. The van der Waals surface area contributed by atoms with Gasteiger partial charge < -0.3 is 15.4 Å². The SMILES string of the molecule is C=C1CC2(N=C1N)c1cc(-c3cncc(Cl)c3)ccc1OC1CC[C@H](N3CCCC3)C[C@@H]12. The number of aliphatic imine (C=N–C) groups is 1. The molecule has 6 rings (SSSR count). The van der Waals surface area contributed by atoms with Gasteiger partial charge in [-0.3, -0.25) is 9.98 Å². The molecule has 6 heteroatoms. The van der Waals surface area contributed by atoms with Crippen LogP contribution in [0, 0.1) is 5.92 Å². The van der Waals surface area contributed by atoms with Crippen LogP contribution in [0.5, 0.6) is 5.75 Å². The van der Waals surface area contributed by atoms with Crippen LogP contribution in [0.2, 0.25) is 5.02 Å². The van der Waals surface area contributed by atoms with Crippen LogP contribution in [-0.4, -0.2) is 41.0 Å². The van der Waals surface area contributed by atoms with Crippen LogP contribution in [0.25, 0.3) is 11.1 Å². The summed E-state index contributed by atoms with van der Waals surface area (Å²) >= 11 is 6.22. The van der Waals surface area contributed by atoms with E-state index < -0.39 is 5.54 Å². The Balaban J connectivity index is 1.45. The molecular weight excluding hydrogens is 420 g/mol. The molecule has 1 aromatic heterocycles. The number of aromatic nitrogens is 1. The Morgan fingerprint density at radius 1 is 1.12 bits per heavy atom. The number of ether oxygens (including phenoxy) is 1. The average molecular weight is 449 g/mol. The van der Waals surface area contributed by atoms with Crippen molar-refractivity contribution in [3.63, 3.8) is 0 Å². The van der Waals surface area contributed by atoms with Gasteiger partial charge in [0.25, 0.3) is 0 Å². The van der Waals surface area contributed by atoms with Crippen LogP contribution in [-0.2, 0) is 5.54 Å². The van der Waals surface area contributed by atoms with E-state index in [4.69, 9.17) is 27.1 Å². The topological polar surface area (TPSA) is 63.7 Å². The first kappa shape index (κ1) is 20.3. The lowest BCUT2D eigenvalue weighted by Crippen LogP contribution is -2.52. The number of fused-ring (bicyclic) bond motifs is 4. The quantitative estimate of drug-likeness (QED) is 0.706. The Kier molecular flexibility index (Phi) is 4.81. The zero-order valence-corrected chi connectivity index (χ0v) is 19.0. The Morgan fingerprint density at radius 2 is 1.97 bits per heavy atom. The highest BCUT2D eigenvalue weighted by Gasteiger charge is 2.55. The van der Waals surface area contributed by atoms with E-state index in [1.807, 2.05) is 12.3 Å². The van der Waals surface area contributed by atoms with E-state index in [1.165, 1.54) is 32.4 Å². The number of nitrogens with zero attached hydrogens (tertiary/aromatic N) is 3. The molecule has 4 heterocycles. The van der Waals surface area contributed by atoms with Crippen LogP contribution in [0.4, 0.5) is 0 Å². The highest BCUT2D eigenvalue weighted by atomic mass is 35.5. The number of amidine groups is 1. The zero-order valence-electron chi connectivity index (χ0n) is 18.3. The van der Waals surface area contributed by atoms with E-state index in [1.54, 1.807) is 6.20 Å². The van der Waals surface area contributed by atoms with Gasteiger partial charge in [-0.15, -0.1) is 0 Å². The summed E-state index contributed by atoms with van der Waals surface area (Å²) in [6.45, 7) is 6.69. The third-order valence-corrected chi connectivity index (χ3v) is 8.16. The number of likely N-dealkylation sites (tertiary alicyclic amines) is 1. The minimum absolute atomic E-state index is 0.169. The second-order valence-electron chi connectivity index (χ2n) is 9.78. The number of nitrogens with two attached hydrogens (primary N) is 1. The van der Waals surface area contributed by atoms with Gasteiger partial charge in [-0.1, -0.05) is 24.2 Å². The maximum atomic E-state index is 6.62. The number of hydrogen-bond acceptors (Lipinski definition) is 5. The molecule has 1 saturated heterocycles. The van der Waals surface area contributed by atoms with Crippen LogP contribution in [0.15, 0.2) is 53.8 Å². The highest BCUT2D eigenvalue weighted by molar-refractivity contribution is 6.30. The molecule has 0 radical (unpaired) electrons. The van der Waals surface area contributed by atoms with Gasteiger partial charge >= 0.3 is 0 Å². The molecule has 2 aromatic rings. The first-order valence-corrected chi connectivity index (χ1v) is 12.1. The monoisotopic (exact) mass is 448 g/mol. The van der Waals surface area contributed by atoms with Crippen molar-refractivity contribution >= 4 is 17.4 Å². The first-order valence-electron chi connectivity index (χ1n) is 11.7. The minimum Gasteiger partial charge on any atom is -0.490 e. The van der Waals surface area contributed by atoms with Crippen LogP contribution >= 0.6 is 11.6 Å². The van der Waals surface area contributed by atoms with Gasteiger partial charge in [0.2, 0.25) is 0 Å². The summed E-state index contributed by atoms with van der Waals surface area (Å²) in [6.07, 6.45) is 10.4. The van der Waals surface area contributed by atoms with Gasteiger partial charge in [0, 0.05) is 41.9 Å². The van der Waals surface area contributed by atoms with Crippen LogP contribution < -0.4 is 10.5 Å². The van der Waals surface area contributed by atoms with Crippen molar-refractivity contribution in [1.29, 1.82) is 0 Å². The van der Waals surface area contributed by atoms with Crippen molar-refractivity contribution in [2.45, 2.75) is 56.2 Å². The van der Waals surface area contributed by atoms with Gasteiger partial charge in [0.15, 0.2) is 0 Å². The molecule has 4 atom stereocenters. The van der Waals surface area contributed by atoms with E-state index in [-0.39, 0.29) is 6.10 Å². The van der Waals surface area contributed by atoms with Gasteiger partial charge in [-0.05, 0) is 74.5 Å². The molecule has 1 saturated carbocycles. The second kappa shape index (κ2) is 7.60.